The van der Waals surface area contributed by atoms with Gasteiger partial charge in [0, 0.05) is 43.8 Å². The van der Waals surface area contributed by atoms with Crippen LogP contribution in [0.3, 0.4) is 0 Å². The number of hydrogen-bond donors (Lipinski definition) is 0. The molecule has 0 bridgehead atoms. The summed E-state index contributed by atoms with van der Waals surface area (Å²) in [6.07, 6.45) is 0. The Bertz CT molecular complexity index is 1230. The molecule has 0 spiro atoms. The van der Waals surface area contributed by atoms with E-state index in [4.69, 9.17) is 13.3 Å². The molecule has 4 aromatic rings. The standard InChI is InChI=1S/C32H37N3O3Si/c1-4-36-39(37-5-2,38-6-3)32-23-19-30(20-24-32)34-33-29-17-21-31(22-18-29)35(25-27-13-9-7-10-14-27)26-28-15-11-8-12-16-28/h7-24H,4-6,25-26H2,1-3H3/b34-33+. The van der Waals surface area contributed by atoms with Crippen LogP contribution in [0.1, 0.15) is 31.9 Å². The van der Waals surface area contributed by atoms with Gasteiger partial charge in [0.15, 0.2) is 0 Å². The zero-order valence-corrected chi connectivity index (χ0v) is 24.0. The summed E-state index contributed by atoms with van der Waals surface area (Å²) in [4.78, 5) is 2.37. The van der Waals surface area contributed by atoms with Crippen LogP contribution < -0.4 is 10.1 Å². The first-order valence-electron chi connectivity index (χ1n) is 13.5. The average molecular weight is 540 g/mol. The Morgan fingerprint density at radius 1 is 0.538 bits per heavy atom. The van der Waals surface area contributed by atoms with E-state index in [2.05, 4.69) is 75.8 Å². The van der Waals surface area contributed by atoms with Crippen molar-refractivity contribution < 1.29 is 13.3 Å². The summed E-state index contributed by atoms with van der Waals surface area (Å²) in [5.41, 5.74) is 5.22. The largest absolute Gasteiger partial charge is 0.537 e. The van der Waals surface area contributed by atoms with E-state index >= 15 is 0 Å². The maximum Gasteiger partial charge on any atom is 0.537 e. The summed E-state index contributed by atoms with van der Waals surface area (Å²) in [6, 6.07) is 37.1. The summed E-state index contributed by atoms with van der Waals surface area (Å²) in [5, 5.41) is 9.85. The van der Waals surface area contributed by atoms with Crippen LogP contribution in [0.5, 0.6) is 0 Å². The lowest BCUT2D eigenvalue weighted by Crippen LogP contribution is -2.56. The van der Waals surface area contributed by atoms with Gasteiger partial charge in [0.25, 0.3) is 0 Å². The van der Waals surface area contributed by atoms with Gasteiger partial charge in [0.05, 0.1) is 11.4 Å². The van der Waals surface area contributed by atoms with Crippen molar-refractivity contribution in [3.05, 3.63) is 120 Å². The highest BCUT2D eigenvalue weighted by Gasteiger charge is 2.43. The van der Waals surface area contributed by atoms with Gasteiger partial charge in [0.1, 0.15) is 0 Å². The molecule has 0 N–H and O–H groups in total. The van der Waals surface area contributed by atoms with Gasteiger partial charge in [-0.05, 0) is 68.3 Å². The topological polar surface area (TPSA) is 55.6 Å². The van der Waals surface area contributed by atoms with Gasteiger partial charge in [-0.1, -0.05) is 72.8 Å². The second-order valence-electron chi connectivity index (χ2n) is 8.95. The number of benzene rings is 4. The predicted molar refractivity (Wildman–Crippen MR) is 160 cm³/mol. The third kappa shape index (κ3) is 7.94. The van der Waals surface area contributed by atoms with E-state index in [1.165, 1.54) is 11.1 Å². The first-order chi connectivity index (χ1) is 19.2. The fraction of sp³-hybridized carbons (Fsp3) is 0.250. The SMILES string of the molecule is CCO[Si](OCC)(OCC)c1ccc(/N=N/c2ccc(N(Cc3ccccc3)Cc3ccccc3)cc2)cc1. The number of anilines is 1. The van der Waals surface area contributed by atoms with Crippen molar-refractivity contribution in [2.24, 2.45) is 10.2 Å². The molecule has 0 heterocycles. The van der Waals surface area contributed by atoms with Gasteiger partial charge in [0.2, 0.25) is 0 Å². The van der Waals surface area contributed by atoms with Crippen molar-refractivity contribution in [3.63, 3.8) is 0 Å². The highest BCUT2D eigenvalue weighted by atomic mass is 28.4. The van der Waals surface area contributed by atoms with Gasteiger partial charge in [-0.3, -0.25) is 0 Å². The third-order valence-electron chi connectivity index (χ3n) is 6.15. The second kappa shape index (κ2) is 14.5. The zero-order chi connectivity index (χ0) is 27.3. The summed E-state index contributed by atoms with van der Waals surface area (Å²) in [7, 11) is -2.93. The monoisotopic (exact) mass is 539 g/mol. The second-order valence-corrected chi connectivity index (χ2v) is 11.5. The Morgan fingerprint density at radius 3 is 1.36 bits per heavy atom. The van der Waals surface area contributed by atoms with E-state index < -0.39 is 8.80 Å². The highest BCUT2D eigenvalue weighted by molar-refractivity contribution is 6.75. The molecule has 0 unspecified atom stereocenters. The normalized spacial score (nSPS) is 11.7. The number of nitrogens with zero attached hydrogens (tertiary/aromatic N) is 3. The minimum Gasteiger partial charge on any atom is -0.370 e. The molecule has 0 aromatic heterocycles. The van der Waals surface area contributed by atoms with Crippen molar-refractivity contribution in [2.45, 2.75) is 33.9 Å². The Balaban J connectivity index is 1.48. The molecule has 0 radical (unpaired) electrons. The third-order valence-corrected chi connectivity index (χ3v) is 9.20. The molecule has 0 aliphatic carbocycles. The summed E-state index contributed by atoms with van der Waals surface area (Å²) in [6.45, 7) is 9.08. The van der Waals surface area contributed by atoms with E-state index in [1.807, 2.05) is 69.3 Å². The van der Waals surface area contributed by atoms with Crippen LogP contribution in [-0.4, -0.2) is 28.6 Å². The molecule has 39 heavy (non-hydrogen) atoms. The van der Waals surface area contributed by atoms with Crippen molar-refractivity contribution >= 4 is 31.1 Å². The van der Waals surface area contributed by atoms with Gasteiger partial charge < -0.3 is 18.2 Å². The van der Waals surface area contributed by atoms with Crippen molar-refractivity contribution in [3.8, 4) is 0 Å². The number of azo groups is 1. The molecule has 0 saturated carbocycles. The lowest BCUT2D eigenvalue weighted by molar-refractivity contribution is 0.0859. The summed E-state index contributed by atoms with van der Waals surface area (Å²) in [5.74, 6) is 0. The molecule has 4 rings (SSSR count). The molecule has 0 saturated heterocycles. The lowest BCUT2D eigenvalue weighted by Gasteiger charge is -2.28. The van der Waals surface area contributed by atoms with Crippen molar-refractivity contribution in [2.75, 3.05) is 24.7 Å². The molecular weight excluding hydrogens is 502 g/mol. The van der Waals surface area contributed by atoms with Crippen LogP contribution in [0.4, 0.5) is 17.1 Å². The molecule has 0 aliphatic rings. The Morgan fingerprint density at radius 2 is 0.949 bits per heavy atom. The first-order valence-corrected chi connectivity index (χ1v) is 15.2. The van der Waals surface area contributed by atoms with E-state index in [1.54, 1.807) is 0 Å². The fourth-order valence-electron chi connectivity index (χ4n) is 4.37. The van der Waals surface area contributed by atoms with Crippen molar-refractivity contribution in [1.29, 1.82) is 0 Å². The van der Waals surface area contributed by atoms with E-state index in [0.29, 0.717) is 19.8 Å². The van der Waals surface area contributed by atoms with Crippen LogP contribution in [0.15, 0.2) is 119 Å². The number of hydrogen-bond acceptors (Lipinski definition) is 6. The van der Waals surface area contributed by atoms with E-state index in [-0.39, 0.29) is 0 Å². The average Bonchev–Trinajstić information content (AvgIpc) is 2.98. The minimum atomic E-state index is -2.93. The van der Waals surface area contributed by atoms with Crippen LogP contribution in [0.2, 0.25) is 0 Å². The molecule has 6 nitrogen and oxygen atoms in total. The molecule has 7 heteroatoms. The Labute approximate surface area is 233 Å². The molecule has 202 valence electrons. The number of rotatable bonds is 14. The van der Waals surface area contributed by atoms with E-state index in [9.17, 15) is 0 Å². The fourth-order valence-corrected chi connectivity index (χ4v) is 6.83. The molecule has 0 fully saturated rings. The maximum absolute atomic E-state index is 6.01. The Hall–Kier alpha value is -3.62. The van der Waals surface area contributed by atoms with Crippen LogP contribution >= 0.6 is 0 Å². The maximum atomic E-state index is 6.01. The minimum absolute atomic E-state index is 0.526. The zero-order valence-electron chi connectivity index (χ0n) is 23.0. The summed E-state index contributed by atoms with van der Waals surface area (Å²) >= 11 is 0. The molecule has 0 aliphatic heterocycles. The predicted octanol–water partition coefficient (Wildman–Crippen LogP) is 7.56. The molecule has 0 amide bonds. The highest BCUT2D eigenvalue weighted by Crippen LogP contribution is 2.25. The van der Waals surface area contributed by atoms with Crippen LogP contribution in [0.25, 0.3) is 0 Å². The van der Waals surface area contributed by atoms with Gasteiger partial charge in [-0.2, -0.15) is 10.2 Å². The quantitative estimate of drug-likeness (QED) is 0.123. The molecular formula is C32H37N3O3Si. The Kier molecular flexibility index (Phi) is 10.6. The van der Waals surface area contributed by atoms with Gasteiger partial charge >= 0.3 is 8.80 Å². The smallest absolute Gasteiger partial charge is 0.370 e. The van der Waals surface area contributed by atoms with Crippen LogP contribution in [0, 0.1) is 0 Å². The van der Waals surface area contributed by atoms with E-state index in [0.717, 1.165) is 35.3 Å². The molecule has 0 atom stereocenters. The van der Waals surface area contributed by atoms with Crippen molar-refractivity contribution in [1.82, 2.24) is 0 Å². The van der Waals surface area contributed by atoms with Crippen LogP contribution in [-0.2, 0) is 26.4 Å². The van der Waals surface area contributed by atoms with Gasteiger partial charge in [-0.15, -0.1) is 0 Å². The first kappa shape index (κ1) is 28.4. The van der Waals surface area contributed by atoms with Gasteiger partial charge in [-0.25, -0.2) is 0 Å². The summed E-state index contributed by atoms with van der Waals surface area (Å²) < 4.78 is 18.0. The molecule has 4 aromatic carbocycles. The lowest BCUT2D eigenvalue weighted by atomic mass is 10.1.